The third-order valence-electron chi connectivity index (χ3n) is 4.75. The lowest BCUT2D eigenvalue weighted by Crippen LogP contribution is -2.48. The number of rotatable bonds is 10. The molecule has 7 nitrogen and oxygen atoms in total. The number of amides is 2. The molecule has 0 aliphatic carbocycles. The fraction of sp³-hybridized carbons (Fsp3) is 0.269. The zero-order chi connectivity index (χ0) is 23.5. The predicted octanol–water partition coefficient (Wildman–Crippen LogP) is 4.02. The van der Waals surface area contributed by atoms with Gasteiger partial charge in [0.25, 0.3) is 0 Å². The summed E-state index contributed by atoms with van der Waals surface area (Å²) in [7, 11) is 0. The molecule has 0 aliphatic rings. The van der Waals surface area contributed by atoms with E-state index in [1.165, 1.54) is 0 Å². The van der Waals surface area contributed by atoms with Crippen molar-refractivity contribution in [3.05, 3.63) is 95.7 Å². The summed E-state index contributed by atoms with van der Waals surface area (Å²) < 4.78 is 11.0. The quantitative estimate of drug-likeness (QED) is 0.490. The van der Waals surface area contributed by atoms with Gasteiger partial charge in [-0.25, -0.2) is 9.78 Å². The Kier molecular flexibility index (Phi) is 8.82. The van der Waals surface area contributed by atoms with E-state index in [0.717, 1.165) is 16.7 Å². The number of hydrogen-bond acceptors (Lipinski definition) is 5. The smallest absolute Gasteiger partial charge is 0.408 e. The summed E-state index contributed by atoms with van der Waals surface area (Å²) in [6.45, 7) is 4.18. The van der Waals surface area contributed by atoms with Gasteiger partial charge in [-0.3, -0.25) is 4.79 Å². The van der Waals surface area contributed by atoms with Gasteiger partial charge in [-0.1, -0.05) is 66.7 Å². The highest BCUT2D eigenvalue weighted by molar-refractivity contribution is 5.86. The number of ether oxygens (including phenoxy) is 2. The minimum Gasteiger partial charge on any atom is -0.475 e. The Morgan fingerprint density at radius 3 is 2.24 bits per heavy atom. The highest BCUT2D eigenvalue weighted by Gasteiger charge is 2.22. The molecule has 2 aromatic carbocycles. The Morgan fingerprint density at radius 1 is 0.909 bits per heavy atom. The number of hydrogen-bond donors (Lipinski definition) is 2. The van der Waals surface area contributed by atoms with Crippen LogP contribution in [0.25, 0.3) is 0 Å². The second kappa shape index (κ2) is 12.2. The average molecular weight is 448 g/mol. The van der Waals surface area contributed by atoms with Crippen LogP contribution >= 0.6 is 0 Å². The van der Waals surface area contributed by atoms with Crippen LogP contribution in [-0.2, 0) is 29.1 Å². The van der Waals surface area contributed by atoms with Crippen LogP contribution in [0.4, 0.5) is 4.79 Å². The lowest BCUT2D eigenvalue weighted by atomic mass is 10.1. The van der Waals surface area contributed by atoms with E-state index in [1.54, 1.807) is 12.3 Å². The molecule has 0 fully saturated rings. The van der Waals surface area contributed by atoms with Gasteiger partial charge in [-0.2, -0.15) is 0 Å². The van der Waals surface area contributed by atoms with Crippen molar-refractivity contribution in [3.8, 4) is 5.88 Å². The minimum absolute atomic E-state index is 0.0405. The Bertz CT molecular complexity index is 1030. The van der Waals surface area contributed by atoms with Crippen LogP contribution in [0.15, 0.2) is 79.0 Å². The van der Waals surface area contributed by atoms with E-state index < -0.39 is 12.1 Å². The molecule has 1 atom stereocenters. The van der Waals surface area contributed by atoms with Gasteiger partial charge < -0.3 is 20.1 Å². The maximum atomic E-state index is 13.0. The van der Waals surface area contributed by atoms with Crippen molar-refractivity contribution in [1.82, 2.24) is 15.6 Å². The van der Waals surface area contributed by atoms with Gasteiger partial charge in [0.2, 0.25) is 11.8 Å². The van der Waals surface area contributed by atoms with Crippen molar-refractivity contribution >= 4 is 12.0 Å². The molecular formula is C26H29N3O4. The summed E-state index contributed by atoms with van der Waals surface area (Å²) in [6.07, 6.45) is 1.28. The number of alkyl carbamates (subject to hydrolysis) is 1. The van der Waals surface area contributed by atoms with E-state index in [2.05, 4.69) is 15.6 Å². The summed E-state index contributed by atoms with van der Waals surface area (Å²) in [6, 6.07) is 21.7. The van der Waals surface area contributed by atoms with Crippen LogP contribution < -0.4 is 15.4 Å². The topological polar surface area (TPSA) is 89.5 Å². The van der Waals surface area contributed by atoms with Crippen LogP contribution in [0.3, 0.4) is 0 Å². The molecule has 0 aliphatic heterocycles. The summed E-state index contributed by atoms with van der Waals surface area (Å²) in [5.74, 6) is 0.150. The summed E-state index contributed by atoms with van der Waals surface area (Å²) in [5, 5.41) is 5.58. The van der Waals surface area contributed by atoms with Gasteiger partial charge in [0.05, 0.1) is 6.10 Å². The summed E-state index contributed by atoms with van der Waals surface area (Å²) in [4.78, 5) is 29.7. The molecule has 0 saturated carbocycles. The molecule has 7 heteroatoms. The maximum Gasteiger partial charge on any atom is 0.408 e. The van der Waals surface area contributed by atoms with Crippen molar-refractivity contribution < 1.29 is 19.1 Å². The van der Waals surface area contributed by atoms with Crippen LogP contribution in [0.1, 0.15) is 30.5 Å². The van der Waals surface area contributed by atoms with Gasteiger partial charge >= 0.3 is 6.09 Å². The van der Waals surface area contributed by atoms with E-state index in [1.807, 2.05) is 80.6 Å². The molecule has 0 radical (unpaired) electrons. The Balaban J connectivity index is 1.64. The zero-order valence-electron chi connectivity index (χ0n) is 18.9. The molecule has 0 unspecified atom stereocenters. The van der Waals surface area contributed by atoms with Gasteiger partial charge in [-0.15, -0.1) is 0 Å². The second-order valence-electron chi connectivity index (χ2n) is 7.80. The number of carbonyl (C=O) groups excluding carboxylic acids is 2. The van der Waals surface area contributed by atoms with Crippen molar-refractivity contribution in [2.24, 2.45) is 0 Å². The standard InChI is InChI=1S/C26H29N3O4/c1-19(2)33-25-22(14-9-15-27-25)17-28-24(30)23(16-20-10-5-3-6-11-20)29-26(31)32-18-21-12-7-4-8-13-21/h3-15,19,23H,16-18H2,1-2H3,(H,28,30)(H,29,31)/t23-/m0/s1. The molecule has 33 heavy (non-hydrogen) atoms. The van der Waals surface area contributed by atoms with E-state index in [4.69, 9.17) is 9.47 Å². The van der Waals surface area contributed by atoms with Crippen molar-refractivity contribution in [2.45, 2.75) is 45.6 Å². The summed E-state index contributed by atoms with van der Waals surface area (Å²) in [5.41, 5.74) is 2.54. The predicted molar refractivity (Wildman–Crippen MR) is 126 cm³/mol. The van der Waals surface area contributed by atoms with Gasteiger partial charge in [0, 0.05) is 24.7 Å². The first-order valence-corrected chi connectivity index (χ1v) is 10.9. The minimum atomic E-state index is -0.804. The van der Waals surface area contributed by atoms with Crippen molar-refractivity contribution in [2.75, 3.05) is 0 Å². The third-order valence-corrected chi connectivity index (χ3v) is 4.75. The molecule has 0 bridgehead atoms. The molecule has 2 amide bonds. The Hall–Kier alpha value is -3.87. The number of nitrogens with zero attached hydrogens (tertiary/aromatic N) is 1. The Labute approximate surface area is 194 Å². The van der Waals surface area contributed by atoms with E-state index in [0.29, 0.717) is 12.3 Å². The normalized spacial score (nSPS) is 11.5. The fourth-order valence-electron chi connectivity index (χ4n) is 3.16. The molecule has 1 heterocycles. The first-order valence-electron chi connectivity index (χ1n) is 10.9. The first-order chi connectivity index (χ1) is 16.0. The molecule has 3 rings (SSSR count). The number of pyridine rings is 1. The average Bonchev–Trinajstić information content (AvgIpc) is 2.82. The third kappa shape index (κ3) is 7.96. The number of benzene rings is 2. The van der Waals surface area contributed by atoms with Crippen LogP contribution in [0, 0.1) is 0 Å². The maximum absolute atomic E-state index is 13.0. The number of nitrogens with one attached hydrogen (secondary N) is 2. The number of aromatic nitrogens is 1. The molecule has 172 valence electrons. The first kappa shape index (κ1) is 23.8. The highest BCUT2D eigenvalue weighted by atomic mass is 16.5. The molecule has 1 aromatic heterocycles. The van der Waals surface area contributed by atoms with E-state index >= 15 is 0 Å². The largest absolute Gasteiger partial charge is 0.475 e. The number of carbonyl (C=O) groups is 2. The molecule has 2 N–H and O–H groups in total. The van der Waals surface area contributed by atoms with Gasteiger partial charge in [0.15, 0.2) is 0 Å². The van der Waals surface area contributed by atoms with Crippen LogP contribution in [0.2, 0.25) is 0 Å². The molecule has 3 aromatic rings. The Morgan fingerprint density at radius 2 is 1.58 bits per heavy atom. The van der Waals surface area contributed by atoms with Crippen LogP contribution in [0.5, 0.6) is 5.88 Å². The zero-order valence-corrected chi connectivity index (χ0v) is 18.9. The van der Waals surface area contributed by atoms with Crippen LogP contribution in [-0.4, -0.2) is 29.1 Å². The highest BCUT2D eigenvalue weighted by Crippen LogP contribution is 2.16. The monoisotopic (exact) mass is 447 g/mol. The second-order valence-corrected chi connectivity index (χ2v) is 7.80. The molecule has 0 spiro atoms. The lowest BCUT2D eigenvalue weighted by Gasteiger charge is -2.19. The summed E-state index contributed by atoms with van der Waals surface area (Å²) >= 11 is 0. The van der Waals surface area contributed by atoms with Gasteiger partial charge in [-0.05, 0) is 31.0 Å². The molecule has 0 saturated heterocycles. The lowest BCUT2D eigenvalue weighted by molar-refractivity contribution is -0.123. The van der Waals surface area contributed by atoms with Crippen molar-refractivity contribution in [1.29, 1.82) is 0 Å². The van der Waals surface area contributed by atoms with Gasteiger partial charge in [0.1, 0.15) is 12.6 Å². The van der Waals surface area contributed by atoms with E-state index in [9.17, 15) is 9.59 Å². The fourth-order valence-corrected chi connectivity index (χ4v) is 3.16. The van der Waals surface area contributed by atoms with Crippen molar-refractivity contribution in [3.63, 3.8) is 0 Å². The SMILES string of the molecule is CC(C)Oc1ncccc1CNC(=O)[C@H](Cc1ccccc1)NC(=O)OCc1ccccc1. The van der Waals surface area contributed by atoms with E-state index in [-0.39, 0.29) is 25.2 Å². The molecular weight excluding hydrogens is 418 g/mol.